The van der Waals surface area contributed by atoms with Crippen LogP contribution >= 0.6 is 0 Å². The number of carbonyl (C=O) groups is 1. The number of nitrogen functional groups attached to an aromatic ring is 1. The van der Waals surface area contributed by atoms with Crippen molar-refractivity contribution in [3.63, 3.8) is 0 Å². The van der Waals surface area contributed by atoms with E-state index in [-0.39, 0.29) is 5.91 Å². The topological polar surface area (TPSA) is 55.1 Å². The van der Waals surface area contributed by atoms with Crippen molar-refractivity contribution < 1.29 is 4.79 Å². The van der Waals surface area contributed by atoms with Gasteiger partial charge in [0.15, 0.2) is 0 Å². The number of hydrogen-bond acceptors (Lipinski definition) is 2. The molecule has 0 spiro atoms. The van der Waals surface area contributed by atoms with Crippen LogP contribution in [0.5, 0.6) is 0 Å². The standard InChI is InChI=1S/C17H28N2O/c1-2-3-4-5-6-7-13-19-17(20)12-11-15-9-8-10-16(18)14-15/h8-10,14H,2-7,11-13,18H2,1H3,(H,19,20). The number of nitrogens with one attached hydrogen (secondary N) is 1. The molecule has 0 bridgehead atoms. The Bertz CT molecular complexity index is 390. The summed E-state index contributed by atoms with van der Waals surface area (Å²) in [4.78, 5) is 11.7. The first-order chi connectivity index (χ1) is 9.72. The van der Waals surface area contributed by atoms with Crippen molar-refractivity contribution in [2.24, 2.45) is 0 Å². The highest BCUT2D eigenvalue weighted by Crippen LogP contribution is 2.08. The maximum atomic E-state index is 11.7. The first-order valence-electron chi connectivity index (χ1n) is 7.83. The van der Waals surface area contributed by atoms with E-state index in [1.54, 1.807) is 0 Å². The molecule has 0 saturated carbocycles. The van der Waals surface area contributed by atoms with Crippen molar-refractivity contribution in [2.45, 2.75) is 58.3 Å². The van der Waals surface area contributed by atoms with E-state index in [0.29, 0.717) is 6.42 Å². The van der Waals surface area contributed by atoms with Gasteiger partial charge in [-0.2, -0.15) is 0 Å². The number of carbonyl (C=O) groups excluding carboxylic acids is 1. The van der Waals surface area contributed by atoms with Gasteiger partial charge >= 0.3 is 0 Å². The lowest BCUT2D eigenvalue weighted by molar-refractivity contribution is -0.121. The summed E-state index contributed by atoms with van der Waals surface area (Å²) < 4.78 is 0. The molecule has 1 aromatic rings. The highest BCUT2D eigenvalue weighted by molar-refractivity contribution is 5.76. The Kier molecular flexibility index (Phi) is 8.52. The van der Waals surface area contributed by atoms with E-state index in [0.717, 1.165) is 30.6 Å². The molecule has 0 aliphatic carbocycles. The third-order valence-corrected chi connectivity index (χ3v) is 3.44. The number of anilines is 1. The monoisotopic (exact) mass is 276 g/mol. The minimum atomic E-state index is 0.140. The number of amides is 1. The summed E-state index contributed by atoms with van der Waals surface area (Å²) in [7, 11) is 0. The van der Waals surface area contributed by atoms with Crippen LogP contribution in [-0.2, 0) is 11.2 Å². The molecule has 0 fully saturated rings. The smallest absolute Gasteiger partial charge is 0.220 e. The molecule has 0 atom stereocenters. The van der Waals surface area contributed by atoms with Crippen molar-refractivity contribution in [3.05, 3.63) is 29.8 Å². The van der Waals surface area contributed by atoms with Crippen LogP contribution in [0, 0.1) is 0 Å². The van der Waals surface area contributed by atoms with Crippen LogP contribution in [0.25, 0.3) is 0 Å². The zero-order chi connectivity index (χ0) is 14.6. The van der Waals surface area contributed by atoms with Gasteiger partial charge in [-0.1, -0.05) is 51.2 Å². The van der Waals surface area contributed by atoms with Gasteiger partial charge in [0.2, 0.25) is 5.91 Å². The van der Waals surface area contributed by atoms with E-state index in [1.165, 1.54) is 32.1 Å². The van der Waals surface area contributed by atoms with Crippen molar-refractivity contribution in [3.8, 4) is 0 Å². The van der Waals surface area contributed by atoms with Gasteiger partial charge in [0, 0.05) is 18.7 Å². The van der Waals surface area contributed by atoms with Crippen LogP contribution in [0.3, 0.4) is 0 Å². The largest absolute Gasteiger partial charge is 0.399 e. The second-order valence-corrected chi connectivity index (χ2v) is 5.36. The summed E-state index contributed by atoms with van der Waals surface area (Å²) in [6.45, 7) is 3.03. The van der Waals surface area contributed by atoms with Gasteiger partial charge in [0.25, 0.3) is 0 Å². The molecule has 0 saturated heterocycles. The Balaban J connectivity index is 2.03. The molecule has 1 aromatic carbocycles. The van der Waals surface area contributed by atoms with Crippen LogP contribution < -0.4 is 11.1 Å². The van der Waals surface area contributed by atoms with Gasteiger partial charge in [-0.05, 0) is 30.5 Å². The molecule has 3 N–H and O–H groups in total. The first-order valence-corrected chi connectivity index (χ1v) is 7.83. The molecule has 0 aromatic heterocycles. The van der Waals surface area contributed by atoms with Crippen LogP contribution in [0.2, 0.25) is 0 Å². The van der Waals surface area contributed by atoms with Crippen molar-refractivity contribution in [1.82, 2.24) is 5.32 Å². The predicted octanol–water partition coefficient (Wildman–Crippen LogP) is 3.68. The molecule has 3 nitrogen and oxygen atoms in total. The Morgan fingerprint density at radius 3 is 2.65 bits per heavy atom. The lowest BCUT2D eigenvalue weighted by atomic mass is 10.1. The molecule has 1 amide bonds. The van der Waals surface area contributed by atoms with Gasteiger partial charge in [-0.15, -0.1) is 0 Å². The molecule has 0 unspecified atom stereocenters. The summed E-state index contributed by atoms with van der Waals surface area (Å²) >= 11 is 0. The summed E-state index contributed by atoms with van der Waals surface area (Å²) in [5, 5.41) is 2.99. The van der Waals surface area contributed by atoms with E-state index in [1.807, 2.05) is 24.3 Å². The lowest BCUT2D eigenvalue weighted by Gasteiger charge is -2.06. The van der Waals surface area contributed by atoms with Crippen LogP contribution in [0.4, 0.5) is 5.69 Å². The molecular weight excluding hydrogens is 248 g/mol. The van der Waals surface area contributed by atoms with E-state index in [2.05, 4.69) is 12.2 Å². The number of hydrogen-bond donors (Lipinski definition) is 2. The Hall–Kier alpha value is -1.51. The minimum Gasteiger partial charge on any atom is -0.399 e. The fourth-order valence-electron chi connectivity index (χ4n) is 2.23. The lowest BCUT2D eigenvalue weighted by Crippen LogP contribution is -2.24. The second kappa shape index (κ2) is 10.3. The molecule has 20 heavy (non-hydrogen) atoms. The van der Waals surface area contributed by atoms with Crippen LogP contribution in [0.1, 0.15) is 57.4 Å². The first kappa shape index (κ1) is 16.5. The molecule has 0 aliphatic rings. The van der Waals surface area contributed by atoms with Gasteiger partial charge in [0.1, 0.15) is 0 Å². The van der Waals surface area contributed by atoms with Gasteiger partial charge in [-0.3, -0.25) is 4.79 Å². The summed E-state index contributed by atoms with van der Waals surface area (Å²) in [5.74, 6) is 0.140. The zero-order valence-corrected chi connectivity index (χ0v) is 12.7. The van der Waals surface area contributed by atoms with Crippen molar-refractivity contribution in [1.29, 1.82) is 0 Å². The molecule has 3 heteroatoms. The maximum absolute atomic E-state index is 11.7. The summed E-state index contributed by atoms with van der Waals surface area (Å²) in [6.07, 6.45) is 8.82. The van der Waals surface area contributed by atoms with Gasteiger partial charge < -0.3 is 11.1 Å². The molecule has 0 radical (unpaired) electrons. The summed E-state index contributed by atoms with van der Waals surface area (Å²) in [5.41, 5.74) is 7.60. The SMILES string of the molecule is CCCCCCCCNC(=O)CCc1cccc(N)c1. The van der Waals surface area contributed by atoms with Crippen LogP contribution in [-0.4, -0.2) is 12.5 Å². The number of aryl methyl sites for hydroxylation is 1. The average Bonchev–Trinajstić information content (AvgIpc) is 2.44. The van der Waals surface area contributed by atoms with E-state index in [9.17, 15) is 4.79 Å². The van der Waals surface area contributed by atoms with Gasteiger partial charge in [-0.25, -0.2) is 0 Å². The van der Waals surface area contributed by atoms with E-state index < -0.39 is 0 Å². The molecule has 112 valence electrons. The third kappa shape index (κ3) is 7.82. The zero-order valence-electron chi connectivity index (χ0n) is 12.7. The average molecular weight is 276 g/mol. The fraction of sp³-hybridized carbons (Fsp3) is 0.588. The number of rotatable bonds is 10. The number of unbranched alkanes of at least 4 members (excludes halogenated alkanes) is 5. The molecule has 0 aliphatic heterocycles. The Labute approximate surface area is 122 Å². The van der Waals surface area contributed by atoms with Crippen LogP contribution in [0.15, 0.2) is 24.3 Å². The predicted molar refractivity (Wildman–Crippen MR) is 85.6 cm³/mol. The molecular formula is C17H28N2O. The van der Waals surface area contributed by atoms with Crippen molar-refractivity contribution >= 4 is 11.6 Å². The highest BCUT2D eigenvalue weighted by Gasteiger charge is 2.02. The van der Waals surface area contributed by atoms with Crippen molar-refractivity contribution in [2.75, 3.05) is 12.3 Å². The summed E-state index contributed by atoms with van der Waals surface area (Å²) in [6, 6.07) is 7.74. The second-order valence-electron chi connectivity index (χ2n) is 5.36. The third-order valence-electron chi connectivity index (χ3n) is 3.44. The van der Waals surface area contributed by atoms with E-state index in [4.69, 9.17) is 5.73 Å². The fourth-order valence-corrected chi connectivity index (χ4v) is 2.23. The molecule has 0 heterocycles. The number of nitrogens with two attached hydrogens (primary N) is 1. The highest BCUT2D eigenvalue weighted by atomic mass is 16.1. The van der Waals surface area contributed by atoms with Gasteiger partial charge in [0.05, 0.1) is 0 Å². The number of benzene rings is 1. The minimum absolute atomic E-state index is 0.140. The van der Waals surface area contributed by atoms with E-state index >= 15 is 0 Å². The molecule has 1 rings (SSSR count). The normalized spacial score (nSPS) is 10.4. The quantitative estimate of drug-likeness (QED) is 0.506. The maximum Gasteiger partial charge on any atom is 0.220 e. The Morgan fingerprint density at radius 2 is 1.90 bits per heavy atom. The Morgan fingerprint density at radius 1 is 1.15 bits per heavy atom.